The first-order valence-electron chi connectivity index (χ1n) is 6.12. The van der Waals surface area contributed by atoms with Gasteiger partial charge in [-0.2, -0.15) is 0 Å². The van der Waals surface area contributed by atoms with Crippen LogP contribution in [0.4, 0.5) is 0 Å². The van der Waals surface area contributed by atoms with Gasteiger partial charge in [0.1, 0.15) is 5.69 Å². The maximum Gasteiger partial charge on any atom is 0.178 e. The van der Waals surface area contributed by atoms with E-state index in [1.165, 1.54) is 0 Å². The van der Waals surface area contributed by atoms with Crippen LogP contribution in [0.2, 0.25) is 0 Å². The van der Waals surface area contributed by atoms with Crippen LogP contribution in [0, 0.1) is 0 Å². The van der Waals surface area contributed by atoms with Crippen LogP contribution in [0.5, 0.6) is 0 Å². The molecule has 0 saturated heterocycles. The standard InChI is InChI=1S/C14H17BrN4/c1-14(2,3)19-8-10-6-17-13(18-7-10)12-5-4-11(15)9-16-12/h4-7,9,19H,8H2,1-3H3. The lowest BCUT2D eigenvalue weighted by Gasteiger charge is -2.20. The van der Waals surface area contributed by atoms with E-state index in [4.69, 9.17) is 0 Å². The lowest BCUT2D eigenvalue weighted by molar-refractivity contribution is 0.423. The minimum absolute atomic E-state index is 0.0892. The fourth-order valence-electron chi connectivity index (χ4n) is 1.45. The minimum Gasteiger partial charge on any atom is -0.308 e. The van der Waals surface area contributed by atoms with Crippen LogP contribution < -0.4 is 5.32 Å². The summed E-state index contributed by atoms with van der Waals surface area (Å²) in [6, 6.07) is 3.83. The smallest absolute Gasteiger partial charge is 0.178 e. The van der Waals surface area contributed by atoms with Gasteiger partial charge in [0.25, 0.3) is 0 Å². The first-order valence-corrected chi connectivity index (χ1v) is 6.91. The topological polar surface area (TPSA) is 50.7 Å². The summed E-state index contributed by atoms with van der Waals surface area (Å²) in [5.41, 5.74) is 1.93. The number of halogens is 1. The zero-order chi connectivity index (χ0) is 13.9. The highest BCUT2D eigenvalue weighted by molar-refractivity contribution is 9.10. The number of aromatic nitrogens is 3. The molecule has 0 saturated carbocycles. The quantitative estimate of drug-likeness (QED) is 0.943. The van der Waals surface area contributed by atoms with E-state index < -0.39 is 0 Å². The number of nitrogens with zero attached hydrogens (tertiary/aromatic N) is 3. The fourth-order valence-corrected chi connectivity index (χ4v) is 1.69. The molecule has 0 aromatic carbocycles. The van der Waals surface area contributed by atoms with E-state index in [0.29, 0.717) is 5.82 Å². The SMILES string of the molecule is CC(C)(C)NCc1cnc(-c2ccc(Br)cn2)nc1. The molecule has 0 aliphatic heterocycles. The molecular formula is C14H17BrN4. The van der Waals surface area contributed by atoms with Crippen LogP contribution in [-0.2, 0) is 6.54 Å². The minimum atomic E-state index is 0.0892. The van der Waals surface area contributed by atoms with Crippen molar-refractivity contribution in [1.82, 2.24) is 20.3 Å². The zero-order valence-electron chi connectivity index (χ0n) is 11.3. The largest absolute Gasteiger partial charge is 0.308 e. The summed E-state index contributed by atoms with van der Waals surface area (Å²) in [4.78, 5) is 13.0. The van der Waals surface area contributed by atoms with Crippen LogP contribution in [0.3, 0.4) is 0 Å². The van der Waals surface area contributed by atoms with Crippen molar-refractivity contribution in [2.75, 3.05) is 0 Å². The summed E-state index contributed by atoms with van der Waals surface area (Å²) in [5, 5.41) is 3.40. The summed E-state index contributed by atoms with van der Waals surface area (Å²) in [7, 11) is 0. The molecule has 2 heterocycles. The number of nitrogens with one attached hydrogen (secondary N) is 1. The summed E-state index contributed by atoms with van der Waals surface area (Å²) in [5.74, 6) is 0.645. The molecule has 0 fully saturated rings. The average Bonchev–Trinajstić information content (AvgIpc) is 2.37. The first-order chi connectivity index (χ1) is 8.94. The number of hydrogen-bond acceptors (Lipinski definition) is 4. The number of hydrogen-bond donors (Lipinski definition) is 1. The van der Waals surface area contributed by atoms with Crippen molar-refractivity contribution in [3.63, 3.8) is 0 Å². The maximum absolute atomic E-state index is 4.35. The number of pyridine rings is 1. The van der Waals surface area contributed by atoms with Gasteiger partial charge in [0.05, 0.1) is 0 Å². The molecule has 2 aromatic heterocycles. The van der Waals surface area contributed by atoms with Crippen LogP contribution >= 0.6 is 15.9 Å². The van der Waals surface area contributed by atoms with E-state index in [1.54, 1.807) is 6.20 Å². The van der Waals surface area contributed by atoms with Gasteiger partial charge in [-0.3, -0.25) is 4.98 Å². The van der Waals surface area contributed by atoms with Gasteiger partial charge in [-0.25, -0.2) is 9.97 Å². The van der Waals surface area contributed by atoms with E-state index in [1.807, 2.05) is 24.5 Å². The monoisotopic (exact) mass is 320 g/mol. The molecule has 0 spiro atoms. The molecular weight excluding hydrogens is 304 g/mol. The Hall–Kier alpha value is -1.33. The molecule has 4 nitrogen and oxygen atoms in total. The summed E-state index contributed by atoms with van der Waals surface area (Å²) < 4.78 is 0.947. The van der Waals surface area contributed by atoms with Gasteiger partial charge < -0.3 is 5.32 Å². The highest BCUT2D eigenvalue weighted by Gasteiger charge is 2.09. The van der Waals surface area contributed by atoms with Gasteiger partial charge in [-0.1, -0.05) is 0 Å². The Morgan fingerprint density at radius 3 is 2.26 bits per heavy atom. The van der Waals surface area contributed by atoms with E-state index in [9.17, 15) is 0 Å². The molecule has 100 valence electrons. The molecule has 0 bridgehead atoms. The van der Waals surface area contributed by atoms with Crippen molar-refractivity contribution in [3.8, 4) is 11.5 Å². The molecule has 2 rings (SSSR count). The molecule has 5 heteroatoms. The Labute approximate surface area is 121 Å². The second kappa shape index (κ2) is 5.75. The highest BCUT2D eigenvalue weighted by Crippen LogP contribution is 2.14. The van der Waals surface area contributed by atoms with Crippen molar-refractivity contribution in [2.24, 2.45) is 0 Å². The summed E-state index contributed by atoms with van der Waals surface area (Å²) in [6.07, 6.45) is 5.42. The Morgan fingerprint density at radius 2 is 1.74 bits per heavy atom. The van der Waals surface area contributed by atoms with Gasteiger partial charge in [0, 0.05) is 40.7 Å². The van der Waals surface area contributed by atoms with Gasteiger partial charge in [0.15, 0.2) is 5.82 Å². The van der Waals surface area contributed by atoms with Crippen molar-refractivity contribution >= 4 is 15.9 Å². The van der Waals surface area contributed by atoms with Crippen LogP contribution in [0.25, 0.3) is 11.5 Å². The molecule has 0 aliphatic rings. The Morgan fingerprint density at radius 1 is 1.05 bits per heavy atom. The van der Waals surface area contributed by atoms with Gasteiger partial charge >= 0.3 is 0 Å². The fraction of sp³-hybridized carbons (Fsp3) is 0.357. The normalized spacial score (nSPS) is 11.6. The van der Waals surface area contributed by atoms with Crippen molar-refractivity contribution in [1.29, 1.82) is 0 Å². The van der Waals surface area contributed by atoms with Crippen LogP contribution in [-0.4, -0.2) is 20.5 Å². The molecule has 0 radical (unpaired) electrons. The predicted molar refractivity (Wildman–Crippen MR) is 79.6 cm³/mol. The van der Waals surface area contributed by atoms with Crippen molar-refractivity contribution in [2.45, 2.75) is 32.9 Å². The molecule has 0 unspecified atom stereocenters. The molecule has 19 heavy (non-hydrogen) atoms. The van der Waals surface area contributed by atoms with Gasteiger partial charge in [0.2, 0.25) is 0 Å². The second-order valence-electron chi connectivity index (χ2n) is 5.38. The van der Waals surface area contributed by atoms with Crippen LogP contribution in [0.1, 0.15) is 26.3 Å². The summed E-state index contributed by atoms with van der Waals surface area (Å²) >= 11 is 3.36. The van der Waals surface area contributed by atoms with Gasteiger partial charge in [-0.05, 0) is 48.8 Å². The predicted octanol–water partition coefficient (Wildman–Crippen LogP) is 3.19. The van der Waals surface area contributed by atoms with Gasteiger partial charge in [-0.15, -0.1) is 0 Å². The average molecular weight is 321 g/mol. The zero-order valence-corrected chi connectivity index (χ0v) is 12.9. The highest BCUT2D eigenvalue weighted by atomic mass is 79.9. The molecule has 1 N–H and O–H groups in total. The molecule has 0 aliphatic carbocycles. The van der Waals surface area contributed by atoms with E-state index in [-0.39, 0.29) is 5.54 Å². The summed E-state index contributed by atoms with van der Waals surface area (Å²) in [6.45, 7) is 7.16. The van der Waals surface area contributed by atoms with E-state index in [2.05, 4.69) is 57.0 Å². The third-order valence-corrected chi connectivity index (χ3v) is 2.95. The first kappa shape index (κ1) is 14.1. The van der Waals surface area contributed by atoms with Crippen LogP contribution in [0.15, 0.2) is 35.2 Å². The van der Waals surface area contributed by atoms with E-state index in [0.717, 1.165) is 22.3 Å². The lowest BCUT2D eigenvalue weighted by Crippen LogP contribution is -2.35. The maximum atomic E-state index is 4.35. The van der Waals surface area contributed by atoms with Crippen molar-refractivity contribution in [3.05, 3.63) is 40.8 Å². The van der Waals surface area contributed by atoms with E-state index >= 15 is 0 Å². The van der Waals surface area contributed by atoms with Crippen molar-refractivity contribution < 1.29 is 0 Å². The molecule has 2 aromatic rings. The Bertz CT molecular complexity index is 529. The molecule has 0 amide bonds. The Balaban J connectivity index is 2.08. The number of rotatable bonds is 3. The Kier molecular flexibility index (Phi) is 4.27. The molecule has 0 atom stereocenters. The second-order valence-corrected chi connectivity index (χ2v) is 6.30. The lowest BCUT2D eigenvalue weighted by atomic mass is 10.1. The third-order valence-electron chi connectivity index (χ3n) is 2.48. The third kappa shape index (κ3) is 4.36.